The van der Waals surface area contributed by atoms with Gasteiger partial charge in [-0.1, -0.05) is 152 Å². The number of anilines is 3. The molecule has 0 saturated heterocycles. The number of furan rings is 1. The molecule has 0 unspecified atom stereocenters. The fourth-order valence-corrected chi connectivity index (χ4v) is 8.52. The molecule has 0 radical (unpaired) electrons. The van der Waals surface area contributed by atoms with Gasteiger partial charge >= 0.3 is 0 Å². The third-order valence-electron chi connectivity index (χ3n) is 11.2. The molecule has 0 aliphatic rings. The predicted molar refractivity (Wildman–Crippen MR) is 237 cm³/mol. The van der Waals surface area contributed by atoms with Crippen molar-refractivity contribution in [3.05, 3.63) is 212 Å². The second-order valence-corrected chi connectivity index (χ2v) is 14.5. The maximum Gasteiger partial charge on any atom is 0.136 e. The fraction of sp³-hybridized carbons (Fsp3) is 0. The van der Waals surface area contributed by atoms with Crippen LogP contribution in [0.5, 0.6) is 0 Å². The zero-order chi connectivity index (χ0) is 37.0. The molecule has 1 aromatic heterocycles. The van der Waals surface area contributed by atoms with E-state index in [0.29, 0.717) is 0 Å². The Morgan fingerprint density at radius 1 is 0.286 bits per heavy atom. The second kappa shape index (κ2) is 13.2. The average molecular weight is 714 g/mol. The number of hydrogen-bond donors (Lipinski definition) is 0. The van der Waals surface area contributed by atoms with E-state index in [1.807, 2.05) is 6.07 Å². The highest BCUT2D eigenvalue weighted by atomic mass is 16.3. The molecule has 0 amide bonds. The summed E-state index contributed by atoms with van der Waals surface area (Å²) < 4.78 is 6.48. The van der Waals surface area contributed by atoms with E-state index in [-0.39, 0.29) is 0 Å². The van der Waals surface area contributed by atoms with Crippen molar-refractivity contribution in [3.8, 4) is 33.4 Å². The van der Waals surface area contributed by atoms with Crippen LogP contribution in [0.25, 0.3) is 87.6 Å². The summed E-state index contributed by atoms with van der Waals surface area (Å²) in [6, 6.07) is 76.4. The molecule has 0 saturated carbocycles. The lowest BCUT2D eigenvalue weighted by Gasteiger charge is -2.26. The molecule has 1 heterocycles. The molecule has 0 fully saturated rings. The number of para-hydroxylation sites is 2. The summed E-state index contributed by atoms with van der Waals surface area (Å²) in [5.41, 5.74) is 12.1. The zero-order valence-electron chi connectivity index (χ0n) is 30.6. The van der Waals surface area contributed by atoms with Crippen LogP contribution in [-0.4, -0.2) is 0 Å². The normalized spacial score (nSPS) is 11.6. The first-order chi connectivity index (χ1) is 27.7. The minimum absolute atomic E-state index is 0.902. The molecule has 2 nitrogen and oxygen atoms in total. The Labute approximate surface area is 325 Å². The van der Waals surface area contributed by atoms with Gasteiger partial charge in [0.25, 0.3) is 0 Å². The topological polar surface area (TPSA) is 16.4 Å². The number of fused-ring (bicyclic) bond motifs is 8. The molecule has 262 valence electrons. The second-order valence-electron chi connectivity index (χ2n) is 14.5. The lowest BCUT2D eigenvalue weighted by Crippen LogP contribution is -2.09. The highest BCUT2D eigenvalue weighted by molar-refractivity contribution is 6.22. The highest BCUT2D eigenvalue weighted by Crippen LogP contribution is 2.43. The summed E-state index contributed by atoms with van der Waals surface area (Å²) in [5, 5.41) is 9.77. The van der Waals surface area contributed by atoms with E-state index in [0.717, 1.165) is 50.1 Å². The Kier molecular flexibility index (Phi) is 7.53. The van der Waals surface area contributed by atoms with Gasteiger partial charge in [-0.2, -0.15) is 0 Å². The zero-order valence-corrected chi connectivity index (χ0v) is 30.6. The van der Waals surface area contributed by atoms with Crippen molar-refractivity contribution in [2.75, 3.05) is 4.90 Å². The van der Waals surface area contributed by atoms with E-state index >= 15 is 0 Å². The number of benzene rings is 10. The number of nitrogens with zero attached hydrogens (tertiary/aromatic N) is 1. The molecule has 11 rings (SSSR count). The first-order valence-corrected chi connectivity index (χ1v) is 19.2. The van der Waals surface area contributed by atoms with Crippen LogP contribution in [0.4, 0.5) is 17.1 Å². The van der Waals surface area contributed by atoms with Crippen LogP contribution in [0.15, 0.2) is 217 Å². The minimum atomic E-state index is 0.902. The van der Waals surface area contributed by atoms with Gasteiger partial charge in [0.2, 0.25) is 0 Å². The van der Waals surface area contributed by atoms with Crippen molar-refractivity contribution >= 4 is 71.3 Å². The first-order valence-electron chi connectivity index (χ1n) is 19.2. The summed E-state index contributed by atoms with van der Waals surface area (Å²) in [5.74, 6) is 0. The average Bonchev–Trinajstić information content (AvgIpc) is 3.66. The van der Waals surface area contributed by atoms with E-state index in [2.05, 4.69) is 211 Å². The Morgan fingerprint density at radius 3 is 1.71 bits per heavy atom. The maximum atomic E-state index is 6.48. The molecule has 0 spiro atoms. The molecule has 10 aromatic carbocycles. The summed E-state index contributed by atoms with van der Waals surface area (Å²) in [6.45, 7) is 0. The third-order valence-corrected chi connectivity index (χ3v) is 11.2. The Bertz CT molecular complexity index is 3230. The van der Waals surface area contributed by atoms with Crippen LogP contribution in [0.1, 0.15) is 0 Å². The monoisotopic (exact) mass is 713 g/mol. The third kappa shape index (κ3) is 5.42. The molecular formula is C54H35NO. The maximum absolute atomic E-state index is 6.48. The van der Waals surface area contributed by atoms with Gasteiger partial charge in [-0.25, -0.2) is 0 Å². The molecule has 0 bridgehead atoms. The first kappa shape index (κ1) is 32.0. The van der Waals surface area contributed by atoms with Crippen molar-refractivity contribution in [1.82, 2.24) is 0 Å². The van der Waals surface area contributed by atoms with Gasteiger partial charge in [0.15, 0.2) is 0 Å². The Balaban J connectivity index is 1.01. The van der Waals surface area contributed by atoms with Crippen molar-refractivity contribution < 1.29 is 4.42 Å². The van der Waals surface area contributed by atoms with Gasteiger partial charge in [-0.15, -0.1) is 0 Å². The lowest BCUT2D eigenvalue weighted by molar-refractivity contribution is 0.669. The van der Waals surface area contributed by atoms with Gasteiger partial charge in [-0.3, -0.25) is 0 Å². The van der Waals surface area contributed by atoms with Gasteiger partial charge in [0, 0.05) is 27.8 Å². The van der Waals surface area contributed by atoms with Crippen LogP contribution < -0.4 is 4.90 Å². The van der Waals surface area contributed by atoms with E-state index in [1.54, 1.807) is 0 Å². The summed E-state index contributed by atoms with van der Waals surface area (Å²) in [6.07, 6.45) is 0. The smallest absolute Gasteiger partial charge is 0.136 e. The number of hydrogen-bond acceptors (Lipinski definition) is 2. The Morgan fingerprint density at radius 2 is 0.875 bits per heavy atom. The van der Waals surface area contributed by atoms with E-state index in [4.69, 9.17) is 4.42 Å². The molecule has 56 heavy (non-hydrogen) atoms. The van der Waals surface area contributed by atoms with Crippen LogP contribution in [0.2, 0.25) is 0 Å². The van der Waals surface area contributed by atoms with E-state index < -0.39 is 0 Å². The molecule has 2 heteroatoms. The Hall–Kier alpha value is -7.42. The molecule has 0 aliphatic heterocycles. The predicted octanol–water partition coefficient (Wildman–Crippen LogP) is 15.5. The molecular weight excluding hydrogens is 679 g/mol. The standard InChI is InChI=1S/C54H35NO/c1-3-12-37(13-4-1)50-35-53-54(49-20-9-10-21-52(49)56-53)51-34-41(27-31-48(50)51)39-15-11-18-45(33-39)55(43-16-5-2-6-17-43)44-28-24-36(25-29-44)40-26-30-47-42(32-40)23-22-38-14-7-8-19-46(38)47/h1-35H. The van der Waals surface area contributed by atoms with Crippen molar-refractivity contribution in [2.24, 2.45) is 0 Å². The summed E-state index contributed by atoms with van der Waals surface area (Å²) in [4.78, 5) is 2.34. The SMILES string of the molecule is c1ccc(-c2cc3oc4ccccc4c3c3cc(-c4cccc(N(c5ccccc5)c5ccc(-c6ccc7c(ccc8ccccc87)c6)cc5)c4)ccc23)cc1. The van der Waals surface area contributed by atoms with Gasteiger partial charge in [0.05, 0.1) is 0 Å². The molecule has 0 aliphatic carbocycles. The largest absolute Gasteiger partial charge is 0.456 e. The quantitative estimate of drug-likeness (QED) is 0.160. The van der Waals surface area contributed by atoms with Crippen molar-refractivity contribution in [3.63, 3.8) is 0 Å². The van der Waals surface area contributed by atoms with Crippen LogP contribution >= 0.6 is 0 Å². The van der Waals surface area contributed by atoms with E-state index in [9.17, 15) is 0 Å². The van der Waals surface area contributed by atoms with Gasteiger partial charge in [0.1, 0.15) is 11.2 Å². The minimum Gasteiger partial charge on any atom is -0.456 e. The highest BCUT2D eigenvalue weighted by Gasteiger charge is 2.18. The van der Waals surface area contributed by atoms with Crippen LogP contribution in [0, 0.1) is 0 Å². The number of rotatable bonds is 6. The molecule has 0 atom stereocenters. The van der Waals surface area contributed by atoms with E-state index in [1.165, 1.54) is 54.6 Å². The molecule has 0 N–H and O–H groups in total. The fourth-order valence-electron chi connectivity index (χ4n) is 8.52. The summed E-state index contributed by atoms with van der Waals surface area (Å²) >= 11 is 0. The van der Waals surface area contributed by atoms with Gasteiger partial charge < -0.3 is 9.32 Å². The van der Waals surface area contributed by atoms with Crippen LogP contribution in [-0.2, 0) is 0 Å². The van der Waals surface area contributed by atoms with Gasteiger partial charge in [-0.05, 0) is 126 Å². The lowest BCUT2D eigenvalue weighted by atomic mass is 9.92. The van der Waals surface area contributed by atoms with Crippen molar-refractivity contribution in [2.45, 2.75) is 0 Å². The van der Waals surface area contributed by atoms with Crippen molar-refractivity contribution in [1.29, 1.82) is 0 Å². The van der Waals surface area contributed by atoms with Crippen LogP contribution in [0.3, 0.4) is 0 Å². The summed E-state index contributed by atoms with van der Waals surface area (Å²) in [7, 11) is 0. The molecule has 11 aromatic rings.